The van der Waals surface area contributed by atoms with Gasteiger partial charge in [-0.15, -0.1) is 0 Å². The largest absolute Gasteiger partial charge is 0.462 e. The summed E-state index contributed by atoms with van der Waals surface area (Å²) in [6.07, 6.45) is -0.216. The summed E-state index contributed by atoms with van der Waals surface area (Å²) in [4.78, 5) is 21.7. The van der Waals surface area contributed by atoms with Gasteiger partial charge in [-0.25, -0.2) is 4.79 Å². The van der Waals surface area contributed by atoms with E-state index in [1.165, 1.54) is 7.11 Å². The lowest BCUT2D eigenvalue weighted by atomic mass is 10.1. The summed E-state index contributed by atoms with van der Waals surface area (Å²) in [5, 5.41) is 5.36. The molecule has 0 saturated heterocycles. The van der Waals surface area contributed by atoms with Gasteiger partial charge < -0.3 is 15.4 Å². The van der Waals surface area contributed by atoms with Crippen molar-refractivity contribution < 1.29 is 14.3 Å². The lowest BCUT2D eigenvalue weighted by Gasteiger charge is -2.20. The summed E-state index contributed by atoms with van der Waals surface area (Å²) in [5.74, 6) is -1.39. The number of esters is 1. The predicted octanol–water partition coefficient (Wildman–Crippen LogP) is -0.523. The van der Waals surface area contributed by atoms with Crippen molar-refractivity contribution in [3.05, 3.63) is 0 Å². The quantitative estimate of drug-likeness (QED) is 0.355. The van der Waals surface area contributed by atoms with E-state index in [1.807, 2.05) is 13.8 Å². The van der Waals surface area contributed by atoms with Crippen LogP contribution in [0.25, 0.3) is 0 Å². The summed E-state index contributed by atoms with van der Waals surface area (Å²) >= 11 is 0. The van der Waals surface area contributed by atoms with Gasteiger partial charge in [0.05, 0.1) is 13.3 Å². The van der Waals surface area contributed by atoms with Crippen molar-refractivity contribution >= 4 is 11.9 Å². The normalized spacial score (nSPS) is 12.4. The third-order valence-electron chi connectivity index (χ3n) is 1.64. The Bertz CT molecular complexity index is 192. The average Bonchev–Trinajstić information content (AvgIpc) is 2.11. The van der Waals surface area contributed by atoms with E-state index in [0.29, 0.717) is 0 Å². The molecule has 0 bridgehead atoms. The molecule has 0 aromatic rings. The molecule has 0 aromatic heterocycles. The first-order valence-electron chi connectivity index (χ1n) is 4.09. The molecule has 0 aliphatic carbocycles. The molecule has 1 amide bonds. The van der Waals surface area contributed by atoms with Gasteiger partial charge in [-0.3, -0.25) is 4.79 Å². The summed E-state index contributed by atoms with van der Waals surface area (Å²) in [7, 11) is 2.88. The molecule has 13 heavy (non-hydrogen) atoms. The maximum absolute atomic E-state index is 11.0. The number of rotatable bonds is 3. The molecule has 0 aliphatic heterocycles. The van der Waals surface area contributed by atoms with E-state index >= 15 is 0 Å². The lowest BCUT2D eigenvalue weighted by Crippen LogP contribution is -2.49. The van der Waals surface area contributed by atoms with E-state index in [-0.39, 0.29) is 12.1 Å². The molecule has 76 valence electrons. The molecule has 0 unspecified atom stereocenters. The van der Waals surface area contributed by atoms with Gasteiger partial charge in [-0.1, -0.05) is 13.8 Å². The Labute approximate surface area is 77.8 Å². The SMILES string of the molecule is CN[C@@H](NC(=O)C(=O)OC)C(C)C. The molecule has 0 heterocycles. The number of carbonyl (C=O) groups excluding carboxylic acids is 2. The van der Waals surface area contributed by atoms with Crippen molar-refractivity contribution in [2.75, 3.05) is 14.2 Å². The predicted molar refractivity (Wildman–Crippen MR) is 47.8 cm³/mol. The zero-order chi connectivity index (χ0) is 10.4. The van der Waals surface area contributed by atoms with Crippen LogP contribution in [0.5, 0.6) is 0 Å². The van der Waals surface area contributed by atoms with Gasteiger partial charge in [0.1, 0.15) is 0 Å². The van der Waals surface area contributed by atoms with E-state index < -0.39 is 11.9 Å². The molecule has 5 heteroatoms. The van der Waals surface area contributed by atoms with E-state index in [0.717, 1.165) is 0 Å². The first-order valence-corrected chi connectivity index (χ1v) is 4.09. The number of hydrogen-bond acceptors (Lipinski definition) is 4. The van der Waals surface area contributed by atoms with E-state index in [9.17, 15) is 9.59 Å². The number of amides is 1. The number of ether oxygens (including phenoxy) is 1. The Kier molecular flexibility index (Phi) is 5.06. The molecule has 1 atom stereocenters. The fourth-order valence-electron chi connectivity index (χ4n) is 0.865. The molecule has 0 spiro atoms. The van der Waals surface area contributed by atoms with Crippen molar-refractivity contribution in [3.8, 4) is 0 Å². The molecule has 2 N–H and O–H groups in total. The van der Waals surface area contributed by atoms with Crippen LogP contribution < -0.4 is 10.6 Å². The fraction of sp³-hybridized carbons (Fsp3) is 0.750. The third-order valence-corrected chi connectivity index (χ3v) is 1.64. The Hall–Kier alpha value is -1.10. The fourth-order valence-corrected chi connectivity index (χ4v) is 0.865. The van der Waals surface area contributed by atoms with Crippen LogP contribution in [-0.4, -0.2) is 32.2 Å². The molecule has 0 aromatic carbocycles. The summed E-state index contributed by atoms with van der Waals surface area (Å²) in [6, 6.07) is 0. The highest BCUT2D eigenvalue weighted by atomic mass is 16.5. The van der Waals surface area contributed by atoms with E-state index in [4.69, 9.17) is 0 Å². The van der Waals surface area contributed by atoms with Crippen molar-refractivity contribution in [1.29, 1.82) is 0 Å². The van der Waals surface area contributed by atoms with Crippen molar-refractivity contribution in [2.45, 2.75) is 20.0 Å². The molecule has 0 fully saturated rings. The summed E-state index contributed by atoms with van der Waals surface area (Å²) < 4.78 is 4.26. The van der Waals surface area contributed by atoms with Crippen LogP contribution in [0.3, 0.4) is 0 Å². The minimum Gasteiger partial charge on any atom is -0.462 e. The smallest absolute Gasteiger partial charge is 0.396 e. The van der Waals surface area contributed by atoms with Crippen LogP contribution in [0.1, 0.15) is 13.8 Å². The second kappa shape index (κ2) is 5.53. The zero-order valence-corrected chi connectivity index (χ0v) is 8.38. The second-order valence-corrected chi connectivity index (χ2v) is 2.98. The first kappa shape index (κ1) is 11.9. The molecular formula is C8H16N2O3. The minimum atomic E-state index is -0.874. The van der Waals surface area contributed by atoms with Crippen LogP contribution in [0, 0.1) is 5.92 Å². The van der Waals surface area contributed by atoms with E-state index in [2.05, 4.69) is 15.4 Å². The molecule has 0 saturated carbocycles. The molecule has 0 radical (unpaired) electrons. The van der Waals surface area contributed by atoms with Gasteiger partial charge in [0.25, 0.3) is 0 Å². The monoisotopic (exact) mass is 188 g/mol. The maximum Gasteiger partial charge on any atom is 0.396 e. The van der Waals surface area contributed by atoms with Crippen LogP contribution in [0.4, 0.5) is 0 Å². The Morgan fingerprint density at radius 1 is 1.31 bits per heavy atom. The minimum absolute atomic E-state index is 0.207. The number of methoxy groups -OCH3 is 1. The van der Waals surface area contributed by atoms with Gasteiger partial charge in [-0.05, 0) is 13.0 Å². The van der Waals surface area contributed by atoms with Gasteiger partial charge in [0, 0.05) is 0 Å². The zero-order valence-electron chi connectivity index (χ0n) is 8.38. The summed E-state index contributed by atoms with van der Waals surface area (Å²) in [6.45, 7) is 3.86. The van der Waals surface area contributed by atoms with Crippen molar-refractivity contribution in [2.24, 2.45) is 5.92 Å². The van der Waals surface area contributed by atoms with Crippen LogP contribution in [-0.2, 0) is 14.3 Å². The highest BCUT2D eigenvalue weighted by Crippen LogP contribution is 1.96. The van der Waals surface area contributed by atoms with Gasteiger partial charge >= 0.3 is 11.9 Å². The summed E-state index contributed by atoms with van der Waals surface area (Å²) in [5.41, 5.74) is 0. The first-order chi connectivity index (χ1) is 6.02. The number of nitrogens with one attached hydrogen (secondary N) is 2. The van der Waals surface area contributed by atoms with Gasteiger partial charge in [0.2, 0.25) is 0 Å². The molecule has 0 rings (SSSR count). The van der Waals surface area contributed by atoms with Crippen LogP contribution in [0.15, 0.2) is 0 Å². The average molecular weight is 188 g/mol. The maximum atomic E-state index is 11.0. The highest BCUT2D eigenvalue weighted by molar-refractivity contribution is 6.32. The Morgan fingerprint density at radius 2 is 1.85 bits per heavy atom. The Morgan fingerprint density at radius 3 is 2.15 bits per heavy atom. The Balaban J connectivity index is 4.09. The van der Waals surface area contributed by atoms with Crippen LogP contribution >= 0.6 is 0 Å². The second-order valence-electron chi connectivity index (χ2n) is 2.98. The third kappa shape index (κ3) is 3.89. The lowest BCUT2D eigenvalue weighted by molar-refractivity contribution is -0.153. The molecule has 5 nitrogen and oxygen atoms in total. The van der Waals surface area contributed by atoms with Crippen molar-refractivity contribution in [1.82, 2.24) is 10.6 Å². The van der Waals surface area contributed by atoms with Gasteiger partial charge in [0.15, 0.2) is 0 Å². The number of carbonyl (C=O) groups is 2. The van der Waals surface area contributed by atoms with Crippen molar-refractivity contribution in [3.63, 3.8) is 0 Å². The molecular weight excluding hydrogens is 172 g/mol. The van der Waals surface area contributed by atoms with E-state index in [1.54, 1.807) is 7.05 Å². The topological polar surface area (TPSA) is 67.4 Å². The number of hydrogen-bond donors (Lipinski definition) is 2. The molecule has 0 aliphatic rings. The standard InChI is InChI=1S/C8H16N2O3/c1-5(2)6(9-3)10-7(11)8(12)13-4/h5-6,9H,1-4H3,(H,10,11)/t6-/m0/s1. The highest BCUT2D eigenvalue weighted by Gasteiger charge is 2.19. The van der Waals surface area contributed by atoms with Gasteiger partial charge in [-0.2, -0.15) is 0 Å². The van der Waals surface area contributed by atoms with Crippen LogP contribution in [0.2, 0.25) is 0 Å².